The van der Waals surface area contributed by atoms with Crippen molar-refractivity contribution >= 4 is 11.5 Å². The number of esters is 1. The smallest absolute Gasteiger partial charge is 0.338 e. The van der Waals surface area contributed by atoms with Crippen molar-refractivity contribution in [3.8, 4) is 5.75 Å². The summed E-state index contributed by atoms with van der Waals surface area (Å²) in [5.74, 6) is 0.386. The van der Waals surface area contributed by atoms with Gasteiger partial charge in [0.1, 0.15) is 5.75 Å². The molecule has 23 heavy (non-hydrogen) atoms. The molecule has 1 heterocycles. The Morgan fingerprint density at radius 2 is 1.91 bits per heavy atom. The number of benzene rings is 2. The van der Waals surface area contributed by atoms with Crippen LogP contribution in [0.3, 0.4) is 0 Å². The summed E-state index contributed by atoms with van der Waals surface area (Å²) in [6.07, 6.45) is 1.86. The minimum Gasteiger partial charge on any atom is -0.478 e. The molecule has 1 aliphatic rings. The van der Waals surface area contributed by atoms with E-state index in [1.54, 1.807) is 0 Å². The Morgan fingerprint density at radius 1 is 1.17 bits per heavy atom. The normalized spacial score (nSPS) is 19.3. The summed E-state index contributed by atoms with van der Waals surface area (Å²) in [5.41, 5.74) is 2.71. The third kappa shape index (κ3) is 2.87. The highest BCUT2D eigenvalue weighted by atomic mass is 16.5. The van der Waals surface area contributed by atoms with Gasteiger partial charge in [-0.25, -0.2) is 4.79 Å². The highest BCUT2D eigenvalue weighted by Gasteiger charge is 2.35. The van der Waals surface area contributed by atoms with Crippen LogP contribution >= 0.6 is 0 Å². The molecule has 0 aliphatic carbocycles. The van der Waals surface area contributed by atoms with Gasteiger partial charge >= 0.3 is 5.97 Å². The van der Waals surface area contributed by atoms with Crippen LogP contribution in [0.25, 0.3) is 5.57 Å². The first-order valence-corrected chi connectivity index (χ1v) is 7.79. The van der Waals surface area contributed by atoms with E-state index in [0.717, 1.165) is 16.7 Å². The molecule has 118 valence electrons. The van der Waals surface area contributed by atoms with Crippen LogP contribution in [0.1, 0.15) is 30.5 Å². The Balaban J connectivity index is 2.15. The van der Waals surface area contributed by atoms with Gasteiger partial charge in [-0.05, 0) is 44.5 Å². The molecule has 2 aromatic carbocycles. The summed E-state index contributed by atoms with van der Waals surface area (Å²) >= 11 is 0. The van der Waals surface area contributed by atoms with E-state index in [1.807, 2.05) is 75.4 Å². The Bertz CT molecular complexity index is 762. The van der Waals surface area contributed by atoms with Crippen LogP contribution in [0.4, 0.5) is 0 Å². The Kier molecular flexibility index (Phi) is 3.95. The zero-order valence-electron chi connectivity index (χ0n) is 13.6. The third-order valence-corrected chi connectivity index (χ3v) is 4.01. The fourth-order valence-electron chi connectivity index (χ4n) is 2.84. The molecule has 2 aromatic rings. The van der Waals surface area contributed by atoms with E-state index in [-0.39, 0.29) is 5.97 Å². The molecule has 0 radical (unpaired) electrons. The van der Waals surface area contributed by atoms with Gasteiger partial charge < -0.3 is 9.47 Å². The lowest BCUT2D eigenvalue weighted by Gasteiger charge is -2.34. The molecule has 1 aliphatic heterocycles. The summed E-state index contributed by atoms with van der Waals surface area (Å²) in [7, 11) is 0. The zero-order chi connectivity index (χ0) is 16.4. The molecule has 3 rings (SSSR count). The fraction of sp³-hybridized carbons (Fsp3) is 0.250. The molecule has 1 unspecified atom stereocenters. The molecule has 0 aromatic heterocycles. The molecule has 0 saturated carbocycles. The van der Waals surface area contributed by atoms with E-state index in [2.05, 4.69) is 0 Å². The van der Waals surface area contributed by atoms with E-state index in [9.17, 15) is 4.79 Å². The molecule has 0 saturated heterocycles. The van der Waals surface area contributed by atoms with E-state index in [0.29, 0.717) is 17.9 Å². The van der Waals surface area contributed by atoms with Crippen molar-refractivity contribution in [1.82, 2.24) is 0 Å². The lowest BCUT2D eigenvalue weighted by Crippen LogP contribution is -2.31. The SMILES string of the molecule is CCOC(=O)C1=CC(C)(c2ccccc2)Oc2ccc(C)cc21. The predicted octanol–water partition coefficient (Wildman–Crippen LogP) is 4.25. The highest BCUT2D eigenvalue weighted by Crippen LogP contribution is 2.41. The number of carbonyl (C=O) groups excluding carboxylic acids is 1. The molecular weight excluding hydrogens is 288 g/mol. The van der Waals surface area contributed by atoms with Crippen LogP contribution in [0, 0.1) is 6.92 Å². The minimum atomic E-state index is -0.703. The highest BCUT2D eigenvalue weighted by molar-refractivity contribution is 6.18. The van der Waals surface area contributed by atoms with E-state index < -0.39 is 5.60 Å². The van der Waals surface area contributed by atoms with Gasteiger partial charge in [0.2, 0.25) is 0 Å². The molecule has 0 N–H and O–H groups in total. The number of aryl methyl sites for hydroxylation is 1. The first-order chi connectivity index (χ1) is 11.0. The van der Waals surface area contributed by atoms with Crippen molar-refractivity contribution in [3.63, 3.8) is 0 Å². The number of hydrogen-bond donors (Lipinski definition) is 0. The van der Waals surface area contributed by atoms with Crippen LogP contribution < -0.4 is 4.74 Å². The Morgan fingerprint density at radius 3 is 2.61 bits per heavy atom. The fourth-order valence-corrected chi connectivity index (χ4v) is 2.84. The second kappa shape index (κ2) is 5.92. The van der Waals surface area contributed by atoms with Gasteiger partial charge in [-0.1, -0.05) is 42.0 Å². The molecule has 3 nitrogen and oxygen atoms in total. The summed E-state index contributed by atoms with van der Waals surface area (Å²) in [5, 5.41) is 0. The van der Waals surface area contributed by atoms with Crippen molar-refractivity contribution in [2.75, 3.05) is 6.61 Å². The average Bonchev–Trinajstić information content (AvgIpc) is 2.56. The summed E-state index contributed by atoms with van der Waals surface area (Å²) in [6, 6.07) is 15.7. The lowest BCUT2D eigenvalue weighted by molar-refractivity contribution is -0.136. The summed E-state index contributed by atoms with van der Waals surface area (Å²) in [4.78, 5) is 12.4. The maximum Gasteiger partial charge on any atom is 0.338 e. The molecule has 1 atom stereocenters. The second-order valence-electron chi connectivity index (χ2n) is 5.85. The second-order valence-corrected chi connectivity index (χ2v) is 5.85. The van der Waals surface area contributed by atoms with Crippen molar-refractivity contribution in [2.45, 2.75) is 26.4 Å². The van der Waals surface area contributed by atoms with E-state index in [4.69, 9.17) is 9.47 Å². The topological polar surface area (TPSA) is 35.5 Å². The van der Waals surface area contributed by atoms with Gasteiger partial charge in [0.25, 0.3) is 0 Å². The summed E-state index contributed by atoms with van der Waals surface area (Å²) in [6.45, 7) is 6.12. The third-order valence-electron chi connectivity index (χ3n) is 4.01. The molecule has 0 amide bonds. The molecule has 0 bridgehead atoms. The maximum absolute atomic E-state index is 12.4. The van der Waals surface area contributed by atoms with Gasteiger partial charge in [0.15, 0.2) is 5.60 Å². The van der Waals surface area contributed by atoms with Crippen LogP contribution in [0.15, 0.2) is 54.6 Å². The molecule has 0 spiro atoms. The molecule has 3 heteroatoms. The Hall–Kier alpha value is -2.55. The monoisotopic (exact) mass is 308 g/mol. The van der Waals surface area contributed by atoms with Crippen molar-refractivity contribution in [3.05, 3.63) is 71.3 Å². The largest absolute Gasteiger partial charge is 0.478 e. The number of ether oxygens (including phenoxy) is 2. The van der Waals surface area contributed by atoms with E-state index in [1.165, 1.54) is 0 Å². The van der Waals surface area contributed by atoms with E-state index >= 15 is 0 Å². The minimum absolute atomic E-state index is 0.315. The molecular formula is C20H20O3. The van der Waals surface area contributed by atoms with Gasteiger partial charge in [0.05, 0.1) is 12.2 Å². The number of fused-ring (bicyclic) bond motifs is 1. The number of rotatable bonds is 3. The van der Waals surface area contributed by atoms with Crippen LogP contribution in [-0.4, -0.2) is 12.6 Å². The van der Waals surface area contributed by atoms with Crippen molar-refractivity contribution < 1.29 is 14.3 Å². The molecule has 0 fully saturated rings. The number of hydrogen-bond acceptors (Lipinski definition) is 3. The predicted molar refractivity (Wildman–Crippen MR) is 90.2 cm³/mol. The number of carbonyl (C=O) groups is 1. The van der Waals surface area contributed by atoms with Gasteiger partial charge in [0, 0.05) is 5.56 Å². The van der Waals surface area contributed by atoms with Gasteiger partial charge in [-0.3, -0.25) is 0 Å². The van der Waals surface area contributed by atoms with Gasteiger partial charge in [-0.2, -0.15) is 0 Å². The van der Waals surface area contributed by atoms with Crippen molar-refractivity contribution in [1.29, 1.82) is 0 Å². The first kappa shape index (κ1) is 15.3. The first-order valence-electron chi connectivity index (χ1n) is 7.79. The lowest BCUT2D eigenvalue weighted by atomic mass is 9.87. The zero-order valence-corrected chi connectivity index (χ0v) is 13.6. The van der Waals surface area contributed by atoms with Crippen LogP contribution in [-0.2, 0) is 15.1 Å². The van der Waals surface area contributed by atoms with Crippen LogP contribution in [0.2, 0.25) is 0 Å². The van der Waals surface area contributed by atoms with Crippen LogP contribution in [0.5, 0.6) is 5.75 Å². The quantitative estimate of drug-likeness (QED) is 0.795. The van der Waals surface area contributed by atoms with Crippen molar-refractivity contribution in [2.24, 2.45) is 0 Å². The summed E-state index contributed by atoms with van der Waals surface area (Å²) < 4.78 is 11.5. The maximum atomic E-state index is 12.4. The standard InChI is InChI=1S/C20H20O3/c1-4-22-19(21)17-13-20(3,15-8-6-5-7-9-15)23-18-11-10-14(2)12-16(17)18/h5-13H,4H2,1-3H3. The van der Waals surface area contributed by atoms with Gasteiger partial charge in [-0.15, -0.1) is 0 Å². The average molecular weight is 308 g/mol. The Labute approximate surface area is 136 Å².